The molecule has 0 spiro atoms. The van der Waals surface area contributed by atoms with E-state index in [4.69, 9.17) is 4.98 Å². The molecule has 5 heteroatoms. The van der Waals surface area contributed by atoms with Gasteiger partial charge in [-0.25, -0.2) is 4.98 Å². The number of hydrogen-bond acceptors (Lipinski definition) is 4. The Morgan fingerprint density at radius 2 is 1.88 bits per heavy atom. The third-order valence-corrected chi connectivity index (χ3v) is 4.79. The van der Waals surface area contributed by atoms with Gasteiger partial charge in [-0.2, -0.15) is 0 Å². The van der Waals surface area contributed by atoms with Gasteiger partial charge in [-0.15, -0.1) is 10.2 Å². The molecule has 0 saturated carbocycles. The second kappa shape index (κ2) is 6.24. The zero-order valence-electron chi connectivity index (χ0n) is 13.7. The lowest BCUT2D eigenvalue weighted by atomic mass is 10.1. The molecule has 0 bridgehead atoms. The zero-order chi connectivity index (χ0) is 16.5. The Hall–Kier alpha value is -2.40. The van der Waals surface area contributed by atoms with Crippen LogP contribution in [0.2, 0.25) is 0 Å². The maximum Gasteiger partial charge on any atom is 0.210 e. The molecule has 4 rings (SSSR count). The predicted molar refractivity (Wildman–Crippen MR) is 99.5 cm³/mol. The SMILES string of the molecule is CSc1nnc2c3cc(C)ccc3n(CCc3ccccc3)c2n1. The van der Waals surface area contributed by atoms with Crippen LogP contribution in [0.1, 0.15) is 11.1 Å². The Morgan fingerprint density at radius 3 is 2.67 bits per heavy atom. The fourth-order valence-electron chi connectivity index (χ4n) is 3.05. The molecule has 2 heterocycles. The summed E-state index contributed by atoms with van der Waals surface area (Å²) in [4.78, 5) is 4.73. The highest BCUT2D eigenvalue weighted by molar-refractivity contribution is 7.98. The van der Waals surface area contributed by atoms with Gasteiger partial charge in [0, 0.05) is 11.9 Å². The zero-order valence-corrected chi connectivity index (χ0v) is 14.5. The molecule has 24 heavy (non-hydrogen) atoms. The largest absolute Gasteiger partial charge is 0.323 e. The van der Waals surface area contributed by atoms with Crippen LogP contribution >= 0.6 is 11.8 Å². The van der Waals surface area contributed by atoms with Crippen LogP contribution < -0.4 is 0 Å². The first-order valence-corrected chi connectivity index (χ1v) is 9.20. The van der Waals surface area contributed by atoms with Crippen molar-refractivity contribution < 1.29 is 0 Å². The average molecular weight is 334 g/mol. The maximum absolute atomic E-state index is 4.73. The lowest BCUT2D eigenvalue weighted by molar-refractivity contribution is 0.727. The number of aryl methyl sites for hydroxylation is 3. The normalized spacial score (nSPS) is 11.4. The Morgan fingerprint density at radius 1 is 1.04 bits per heavy atom. The summed E-state index contributed by atoms with van der Waals surface area (Å²) in [5.74, 6) is 0. The first-order chi connectivity index (χ1) is 11.8. The Labute approximate surface area is 144 Å². The summed E-state index contributed by atoms with van der Waals surface area (Å²) in [6.07, 6.45) is 2.94. The molecule has 0 atom stereocenters. The van der Waals surface area contributed by atoms with Crippen LogP contribution in [-0.4, -0.2) is 26.0 Å². The smallest absolute Gasteiger partial charge is 0.210 e. The van der Waals surface area contributed by atoms with E-state index in [1.807, 2.05) is 6.26 Å². The van der Waals surface area contributed by atoms with Gasteiger partial charge in [-0.3, -0.25) is 0 Å². The molecule has 0 radical (unpaired) electrons. The summed E-state index contributed by atoms with van der Waals surface area (Å²) in [7, 11) is 0. The molecule has 120 valence electrons. The highest BCUT2D eigenvalue weighted by atomic mass is 32.2. The number of hydrogen-bond donors (Lipinski definition) is 0. The van der Waals surface area contributed by atoms with Crippen LogP contribution in [0.5, 0.6) is 0 Å². The van der Waals surface area contributed by atoms with E-state index in [0.29, 0.717) is 5.16 Å². The fourth-order valence-corrected chi connectivity index (χ4v) is 3.35. The third-order valence-electron chi connectivity index (χ3n) is 4.25. The molecular formula is C19H18N4S. The molecule has 4 aromatic rings. The second-order valence-electron chi connectivity index (χ2n) is 5.88. The number of fused-ring (bicyclic) bond motifs is 3. The third kappa shape index (κ3) is 2.65. The Kier molecular flexibility index (Phi) is 3.94. The van der Waals surface area contributed by atoms with E-state index in [9.17, 15) is 0 Å². The molecule has 0 N–H and O–H groups in total. The van der Waals surface area contributed by atoms with Gasteiger partial charge in [-0.1, -0.05) is 53.7 Å². The minimum absolute atomic E-state index is 0.711. The van der Waals surface area contributed by atoms with Gasteiger partial charge in [0.1, 0.15) is 5.52 Å². The molecule has 0 aliphatic carbocycles. The van der Waals surface area contributed by atoms with Gasteiger partial charge in [0.2, 0.25) is 5.16 Å². The molecule has 0 unspecified atom stereocenters. The van der Waals surface area contributed by atoms with Crippen molar-refractivity contribution in [2.75, 3.05) is 6.26 Å². The van der Waals surface area contributed by atoms with Crippen molar-refractivity contribution in [3.05, 3.63) is 59.7 Å². The molecule has 0 aliphatic heterocycles. The van der Waals surface area contributed by atoms with E-state index >= 15 is 0 Å². The molecular weight excluding hydrogens is 316 g/mol. The molecule has 0 aliphatic rings. The van der Waals surface area contributed by atoms with Crippen LogP contribution in [0.4, 0.5) is 0 Å². The summed E-state index contributed by atoms with van der Waals surface area (Å²) < 4.78 is 2.27. The topological polar surface area (TPSA) is 43.6 Å². The van der Waals surface area contributed by atoms with Crippen LogP contribution in [0.25, 0.3) is 22.1 Å². The minimum Gasteiger partial charge on any atom is -0.323 e. The van der Waals surface area contributed by atoms with Gasteiger partial charge in [-0.05, 0) is 37.3 Å². The number of aromatic nitrogens is 4. The standard InChI is InChI=1S/C19H18N4S/c1-13-8-9-16-15(12-13)17-18(20-19(24-2)22-21-17)23(16)11-10-14-6-4-3-5-7-14/h3-9,12H,10-11H2,1-2H3. The number of benzene rings is 2. The van der Waals surface area contributed by atoms with Gasteiger partial charge < -0.3 is 4.57 Å². The van der Waals surface area contributed by atoms with Crippen molar-refractivity contribution in [2.45, 2.75) is 25.0 Å². The van der Waals surface area contributed by atoms with Crippen LogP contribution in [-0.2, 0) is 13.0 Å². The number of thioether (sulfide) groups is 1. The summed E-state index contributed by atoms with van der Waals surface area (Å²) in [6, 6.07) is 17.0. The van der Waals surface area contributed by atoms with E-state index in [-0.39, 0.29) is 0 Å². The molecule has 0 saturated heterocycles. The van der Waals surface area contributed by atoms with E-state index < -0.39 is 0 Å². The lowest BCUT2D eigenvalue weighted by Gasteiger charge is -2.07. The van der Waals surface area contributed by atoms with Crippen molar-refractivity contribution in [1.82, 2.24) is 19.7 Å². The number of nitrogens with zero attached hydrogens (tertiary/aromatic N) is 4. The van der Waals surface area contributed by atoms with Crippen LogP contribution in [0.15, 0.2) is 53.7 Å². The number of rotatable bonds is 4. The lowest BCUT2D eigenvalue weighted by Crippen LogP contribution is -2.03. The van der Waals surface area contributed by atoms with E-state index in [2.05, 4.69) is 70.2 Å². The van der Waals surface area contributed by atoms with Crippen molar-refractivity contribution in [2.24, 2.45) is 0 Å². The van der Waals surface area contributed by atoms with Gasteiger partial charge >= 0.3 is 0 Å². The van der Waals surface area contributed by atoms with Gasteiger partial charge in [0.25, 0.3) is 0 Å². The summed E-state index contributed by atoms with van der Waals surface area (Å²) in [5, 5.41) is 10.5. The maximum atomic E-state index is 4.73. The van der Waals surface area contributed by atoms with Crippen molar-refractivity contribution in [3.8, 4) is 0 Å². The first-order valence-electron chi connectivity index (χ1n) is 7.97. The van der Waals surface area contributed by atoms with Crippen molar-refractivity contribution in [1.29, 1.82) is 0 Å². The highest BCUT2D eigenvalue weighted by Gasteiger charge is 2.14. The molecule has 4 nitrogen and oxygen atoms in total. The molecule has 0 fully saturated rings. The quantitative estimate of drug-likeness (QED) is 0.523. The van der Waals surface area contributed by atoms with Crippen LogP contribution in [0.3, 0.4) is 0 Å². The second-order valence-corrected chi connectivity index (χ2v) is 6.65. The molecule has 2 aromatic heterocycles. The molecule has 2 aromatic carbocycles. The van der Waals surface area contributed by atoms with E-state index in [0.717, 1.165) is 29.5 Å². The van der Waals surface area contributed by atoms with Crippen molar-refractivity contribution >= 4 is 33.8 Å². The Bertz CT molecular complexity index is 1010. The molecule has 0 amide bonds. The van der Waals surface area contributed by atoms with E-state index in [1.54, 1.807) is 0 Å². The fraction of sp³-hybridized carbons (Fsp3) is 0.211. The predicted octanol–water partition coefficient (Wildman–Crippen LogP) is 4.25. The first kappa shape index (κ1) is 15.1. The average Bonchev–Trinajstić information content (AvgIpc) is 2.93. The van der Waals surface area contributed by atoms with Crippen molar-refractivity contribution in [3.63, 3.8) is 0 Å². The monoisotopic (exact) mass is 334 g/mol. The summed E-state index contributed by atoms with van der Waals surface area (Å²) >= 11 is 1.52. The Balaban J connectivity index is 1.86. The minimum atomic E-state index is 0.711. The van der Waals surface area contributed by atoms with E-state index in [1.165, 1.54) is 28.4 Å². The van der Waals surface area contributed by atoms with Gasteiger partial charge in [0.05, 0.1) is 5.52 Å². The van der Waals surface area contributed by atoms with Crippen LogP contribution in [0, 0.1) is 6.92 Å². The summed E-state index contributed by atoms with van der Waals surface area (Å²) in [5.41, 5.74) is 5.53. The summed E-state index contributed by atoms with van der Waals surface area (Å²) in [6.45, 7) is 2.98. The highest BCUT2D eigenvalue weighted by Crippen LogP contribution is 2.28. The van der Waals surface area contributed by atoms with Gasteiger partial charge in [0.15, 0.2) is 5.65 Å².